The molecule has 0 aromatic rings. The normalized spacial score (nSPS) is 13.1. The molecule has 1 atom stereocenters. The summed E-state index contributed by atoms with van der Waals surface area (Å²) in [6.45, 7) is 4.53. The van der Waals surface area contributed by atoms with Crippen molar-refractivity contribution < 1.29 is 0 Å². The molecule has 1 unspecified atom stereocenters. The third-order valence-corrected chi connectivity index (χ3v) is 4.50. The first-order valence-corrected chi connectivity index (χ1v) is 8.08. The van der Waals surface area contributed by atoms with Crippen molar-refractivity contribution in [1.29, 1.82) is 0 Å². The Bertz CT molecular complexity index is 100. The second kappa shape index (κ2) is 11.8. The minimum Gasteiger partial charge on any atom is -0.111 e. The Morgan fingerprint density at radius 2 is 1.50 bits per heavy atom. The zero-order valence-electron chi connectivity index (χ0n) is 9.80. The molecule has 14 heavy (non-hydrogen) atoms. The first kappa shape index (κ1) is 14.7. The second-order valence-corrected chi connectivity index (χ2v) is 5.56. The fraction of sp³-hybridized carbons (Fsp3) is 1.00. The Kier molecular flexibility index (Phi) is 12.4. The van der Waals surface area contributed by atoms with E-state index < -0.39 is 0 Å². The van der Waals surface area contributed by atoms with Gasteiger partial charge in [0, 0.05) is 5.25 Å². The predicted molar refractivity (Wildman–Crippen MR) is 73.3 cm³/mol. The highest BCUT2D eigenvalue weighted by Crippen LogP contribution is 2.23. The summed E-state index contributed by atoms with van der Waals surface area (Å²) in [4.78, 5) is 0. The van der Waals surface area contributed by atoms with Gasteiger partial charge in [-0.05, 0) is 12.8 Å². The van der Waals surface area contributed by atoms with Crippen LogP contribution < -0.4 is 0 Å². The van der Waals surface area contributed by atoms with Crippen molar-refractivity contribution in [2.75, 3.05) is 0 Å². The highest BCUT2D eigenvalue weighted by atomic mass is 33.1. The van der Waals surface area contributed by atoms with E-state index in [2.05, 4.69) is 25.5 Å². The summed E-state index contributed by atoms with van der Waals surface area (Å²) >= 11 is 4.28. The van der Waals surface area contributed by atoms with Crippen LogP contribution in [0.15, 0.2) is 0 Å². The summed E-state index contributed by atoms with van der Waals surface area (Å²) < 4.78 is 0. The van der Waals surface area contributed by atoms with E-state index in [9.17, 15) is 0 Å². The molecule has 0 radical (unpaired) electrons. The van der Waals surface area contributed by atoms with Gasteiger partial charge in [-0.15, -0.1) is 11.7 Å². The minimum atomic E-state index is 0.786. The lowest BCUT2D eigenvalue weighted by Gasteiger charge is -2.09. The number of hydrogen-bond donors (Lipinski definition) is 1. The predicted octanol–water partition coefficient (Wildman–Crippen LogP) is 5.48. The largest absolute Gasteiger partial charge is 0.111 e. The minimum absolute atomic E-state index is 0.786. The molecular weight excluding hydrogens is 208 g/mol. The molecule has 0 aliphatic heterocycles. The molecule has 0 aliphatic carbocycles. The fourth-order valence-corrected chi connectivity index (χ4v) is 2.85. The van der Waals surface area contributed by atoms with Crippen molar-refractivity contribution in [3.63, 3.8) is 0 Å². The Morgan fingerprint density at radius 3 is 2.00 bits per heavy atom. The van der Waals surface area contributed by atoms with Crippen LogP contribution in [0.25, 0.3) is 0 Å². The first-order chi connectivity index (χ1) is 6.85. The van der Waals surface area contributed by atoms with Crippen LogP contribution in [0.1, 0.15) is 71.6 Å². The van der Waals surface area contributed by atoms with Gasteiger partial charge in [-0.3, -0.25) is 0 Å². The van der Waals surface area contributed by atoms with Gasteiger partial charge in [0.05, 0.1) is 0 Å². The van der Waals surface area contributed by atoms with Crippen LogP contribution >= 0.6 is 22.5 Å². The molecule has 0 bridgehead atoms. The molecule has 0 aromatic heterocycles. The Hall–Kier alpha value is 0.700. The maximum Gasteiger partial charge on any atom is 0.0146 e. The van der Waals surface area contributed by atoms with Gasteiger partial charge in [0.2, 0.25) is 0 Å². The maximum atomic E-state index is 4.28. The second-order valence-electron chi connectivity index (χ2n) is 4.05. The molecule has 0 nitrogen and oxygen atoms in total. The lowest BCUT2D eigenvalue weighted by Crippen LogP contribution is -1.97. The van der Waals surface area contributed by atoms with Crippen molar-refractivity contribution in [2.45, 2.75) is 76.9 Å². The van der Waals surface area contributed by atoms with Crippen molar-refractivity contribution >= 4 is 22.5 Å². The zero-order valence-corrected chi connectivity index (χ0v) is 11.5. The van der Waals surface area contributed by atoms with E-state index in [0.717, 1.165) is 5.25 Å². The molecule has 0 heterocycles. The molecule has 0 aromatic carbocycles. The third kappa shape index (κ3) is 9.26. The summed E-state index contributed by atoms with van der Waals surface area (Å²) in [5.41, 5.74) is 0. The molecule has 86 valence electrons. The lowest BCUT2D eigenvalue weighted by atomic mass is 10.1. The topological polar surface area (TPSA) is 0 Å². The molecule has 0 spiro atoms. The summed E-state index contributed by atoms with van der Waals surface area (Å²) in [6, 6.07) is 0. The molecule has 2 heteroatoms. The Labute approximate surface area is 99.4 Å². The molecule has 0 amide bonds. The Balaban J connectivity index is 3.04. The van der Waals surface area contributed by atoms with E-state index in [1.807, 2.05) is 0 Å². The van der Waals surface area contributed by atoms with Crippen LogP contribution in [0.3, 0.4) is 0 Å². The average molecular weight is 234 g/mol. The number of thiol groups is 1. The van der Waals surface area contributed by atoms with Crippen molar-refractivity contribution in [3.05, 3.63) is 0 Å². The molecule has 0 N–H and O–H groups in total. The van der Waals surface area contributed by atoms with Gasteiger partial charge in [0.15, 0.2) is 0 Å². The molecule has 0 saturated carbocycles. The zero-order chi connectivity index (χ0) is 10.6. The van der Waals surface area contributed by atoms with E-state index >= 15 is 0 Å². The fourth-order valence-electron chi connectivity index (χ4n) is 1.66. The highest BCUT2D eigenvalue weighted by molar-refractivity contribution is 8.68. The van der Waals surface area contributed by atoms with Gasteiger partial charge in [-0.2, -0.15) is 0 Å². The monoisotopic (exact) mass is 234 g/mol. The van der Waals surface area contributed by atoms with E-state index in [0.29, 0.717) is 0 Å². The molecule has 0 saturated heterocycles. The number of rotatable bonds is 10. The summed E-state index contributed by atoms with van der Waals surface area (Å²) in [5, 5.41) is 0.786. The summed E-state index contributed by atoms with van der Waals surface area (Å²) in [5.74, 6) is 0. The lowest BCUT2D eigenvalue weighted by molar-refractivity contribution is 0.567. The molecule has 0 aliphatic rings. The average Bonchev–Trinajstić information content (AvgIpc) is 2.22. The van der Waals surface area contributed by atoms with E-state index in [1.165, 1.54) is 57.8 Å². The molecule has 0 rings (SSSR count). The summed E-state index contributed by atoms with van der Waals surface area (Å²) in [6.07, 6.45) is 12.6. The van der Waals surface area contributed by atoms with Crippen LogP contribution in [0.2, 0.25) is 0 Å². The molecule has 0 fully saturated rings. The van der Waals surface area contributed by atoms with Crippen molar-refractivity contribution in [2.24, 2.45) is 0 Å². The van der Waals surface area contributed by atoms with Gasteiger partial charge in [-0.25, -0.2) is 0 Å². The van der Waals surface area contributed by atoms with Gasteiger partial charge in [-0.1, -0.05) is 69.6 Å². The highest BCUT2D eigenvalue weighted by Gasteiger charge is 2.03. The smallest absolute Gasteiger partial charge is 0.0146 e. The van der Waals surface area contributed by atoms with Crippen molar-refractivity contribution in [1.82, 2.24) is 0 Å². The van der Waals surface area contributed by atoms with E-state index in [4.69, 9.17) is 0 Å². The Morgan fingerprint density at radius 1 is 0.929 bits per heavy atom. The quantitative estimate of drug-likeness (QED) is 0.296. The van der Waals surface area contributed by atoms with Gasteiger partial charge in [0.1, 0.15) is 0 Å². The van der Waals surface area contributed by atoms with Gasteiger partial charge >= 0.3 is 0 Å². The van der Waals surface area contributed by atoms with E-state index in [-0.39, 0.29) is 0 Å². The van der Waals surface area contributed by atoms with Crippen molar-refractivity contribution in [3.8, 4) is 0 Å². The number of unbranched alkanes of at least 4 members (excludes halogenated alkanes) is 6. The van der Waals surface area contributed by atoms with Crippen LogP contribution in [-0.4, -0.2) is 5.25 Å². The van der Waals surface area contributed by atoms with Gasteiger partial charge in [0.25, 0.3) is 0 Å². The summed E-state index contributed by atoms with van der Waals surface area (Å²) in [7, 11) is 1.74. The van der Waals surface area contributed by atoms with Crippen LogP contribution in [0.5, 0.6) is 0 Å². The standard InChI is InChI=1S/C12H26S2/c1-3-5-6-7-8-9-10-11-12(4-2)14-13/h12-13H,3-11H2,1-2H3. The van der Waals surface area contributed by atoms with Crippen LogP contribution in [-0.2, 0) is 0 Å². The van der Waals surface area contributed by atoms with E-state index in [1.54, 1.807) is 10.8 Å². The number of hydrogen-bond acceptors (Lipinski definition) is 2. The SMILES string of the molecule is CCCCCCCCCC(CC)SS. The molecular formula is C12H26S2. The third-order valence-electron chi connectivity index (χ3n) is 2.73. The van der Waals surface area contributed by atoms with Crippen LogP contribution in [0, 0.1) is 0 Å². The maximum absolute atomic E-state index is 4.28. The van der Waals surface area contributed by atoms with Crippen LogP contribution in [0.4, 0.5) is 0 Å². The first-order valence-electron chi connectivity index (χ1n) is 6.15. The van der Waals surface area contributed by atoms with Gasteiger partial charge < -0.3 is 0 Å².